The van der Waals surface area contributed by atoms with E-state index >= 15 is 0 Å². The smallest absolute Gasteiger partial charge is 0.335 e. The van der Waals surface area contributed by atoms with E-state index in [-0.39, 0.29) is 0 Å². The highest BCUT2D eigenvalue weighted by atomic mass is 16.5. The van der Waals surface area contributed by atoms with Crippen molar-refractivity contribution in [1.29, 1.82) is 0 Å². The molecule has 0 radical (unpaired) electrons. The fourth-order valence-corrected chi connectivity index (χ4v) is 1.37. The van der Waals surface area contributed by atoms with Gasteiger partial charge in [0.15, 0.2) is 5.60 Å². The molecule has 0 amide bonds. The van der Waals surface area contributed by atoms with Gasteiger partial charge in [-0.15, -0.1) is 0 Å². The number of carbonyl (C=O) groups is 1. The second-order valence-corrected chi connectivity index (χ2v) is 3.84. The lowest BCUT2D eigenvalue weighted by molar-refractivity contribution is -0.164. The number of carboxylic acid groups (broad SMARTS) is 1. The van der Waals surface area contributed by atoms with Gasteiger partial charge < -0.3 is 9.84 Å². The molecule has 0 aliphatic carbocycles. The molecule has 0 aromatic rings. The Hall–Kier alpha value is -0.570. The van der Waals surface area contributed by atoms with Crippen LogP contribution in [0.15, 0.2) is 0 Å². The maximum atomic E-state index is 10.9. The van der Waals surface area contributed by atoms with Crippen molar-refractivity contribution in [1.82, 2.24) is 0 Å². The molecule has 0 aliphatic rings. The molecule has 0 rings (SSSR count). The van der Waals surface area contributed by atoms with Gasteiger partial charge in [0.1, 0.15) is 0 Å². The molecule has 0 spiro atoms. The van der Waals surface area contributed by atoms with Crippen molar-refractivity contribution in [2.75, 3.05) is 6.61 Å². The molecule has 84 valence electrons. The molecular weight excluding hydrogens is 180 g/mol. The highest BCUT2D eigenvalue weighted by Crippen LogP contribution is 2.18. The first-order valence-electron chi connectivity index (χ1n) is 5.44. The number of unbranched alkanes of at least 4 members (excludes halogenated alkanes) is 2. The van der Waals surface area contributed by atoms with Crippen LogP contribution in [0.2, 0.25) is 0 Å². The molecule has 3 nitrogen and oxygen atoms in total. The fraction of sp³-hybridized carbons (Fsp3) is 0.909. The monoisotopic (exact) mass is 202 g/mol. The quantitative estimate of drug-likeness (QED) is 0.616. The lowest BCUT2D eigenvalue weighted by atomic mass is 10.0. The molecular formula is C11H22O3. The minimum atomic E-state index is -0.984. The summed E-state index contributed by atoms with van der Waals surface area (Å²) in [5.74, 6) is -0.851. The average molecular weight is 202 g/mol. The molecule has 1 unspecified atom stereocenters. The number of aliphatic carboxylic acids is 1. The highest BCUT2D eigenvalue weighted by Gasteiger charge is 2.32. The standard InChI is InChI=1S/C11H22O3/c1-4-6-7-9-14-11(3,8-5-2)10(12)13/h4-9H2,1-3H3,(H,12,13). The normalized spacial score (nSPS) is 15.1. The van der Waals surface area contributed by atoms with Crippen LogP contribution in [0.25, 0.3) is 0 Å². The molecule has 0 saturated heterocycles. The Morgan fingerprint density at radius 2 is 1.93 bits per heavy atom. The first-order chi connectivity index (χ1) is 6.56. The van der Waals surface area contributed by atoms with Crippen molar-refractivity contribution in [2.45, 2.75) is 58.5 Å². The van der Waals surface area contributed by atoms with Crippen molar-refractivity contribution in [2.24, 2.45) is 0 Å². The predicted octanol–water partition coefficient (Wildman–Crippen LogP) is 2.84. The molecule has 1 N–H and O–H groups in total. The van der Waals surface area contributed by atoms with Crippen LogP contribution in [0.4, 0.5) is 0 Å². The number of ether oxygens (including phenoxy) is 1. The minimum absolute atomic E-state index is 0.552. The average Bonchev–Trinajstić information content (AvgIpc) is 2.13. The summed E-state index contributed by atoms with van der Waals surface area (Å²) in [7, 11) is 0. The summed E-state index contributed by atoms with van der Waals surface area (Å²) in [5, 5.41) is 9.00. The number of carboxylic acids is 1. The Balaban J connectivity index is 3.90. The van der Waals surface area contributed by atoms with E-state index in [1.54, 1.807) is 6.92 Å². The van der Waals surface area contributed by atoms with Crippen LogP contribution in [0, 0.1) is 0 Å². The van der Waals surface area contributed by atoms with Gasteiger partial charge in [-0.25, -0.2) is 4.79 Å². The van der Waals surface area contributed by atoms with Gasteiger partial charge >= 0.3 is 5.97 Å². The van der Waals surface area contributed by atoms with Crippen molar-refractivity contribution >= 4 is 5.97 Å². The maximum Gasteiger partial charge on any atom is 0.335 e. The molecule has 14 heavy (non-hydrogen) atoms. The fourth-order valence-electron chi connectivity index (χ4n) is 1.37. The van der Waals surface area contributed by atoms with Gasteiger partial charge in [-0.3, -0.25) is 0 Å². The van der Waals surface area contributed by atoms with E-state index in [1.165, 1.54) is 0 Å². The van der Waals surface area contributed by atoms with Gasteiger partial charge in [-0.1, -0.05) is 33.1 Å². The summed E-state index contributed by atoms with van der Waals surface area (Å²) in [6.07, 6.45) is 4.58. The van der Waals surface area contributed by atoms with Gasteiger partial charge in [0, 0.05) is 6.61 Å². The summed E-state index contributed by atoms with van der Waals surface area (Å²) in [6.45, 7) is 6.29. The molecule has 0 bridgehead atoms. The summed E-state index contributed by atoms with van der Waals surface area (Å²) >= 11 is 0. The number of hydrogen-bond donors (Lipinski definition) is 1. The molecule has 0 aromatic carbocycles. The second-order valence-electron chi connectivity index (χ2n) is 3.84. The van der Waals surface area contributed by atoms with Crippen LogP contribution in [-0.2, 0) is 9.53 Å². The van der Waals surface area contributed by atoms with Crippen molar-refractivity contribution < 1.29 is 14.6 Å². The van der Waals surface area contributed by atoms with E-state index in [0.717, 1.165) is 25.7 Å². The van der Waals surface area contributed by atoms with E-state index < -0.39 is 11.6 Å². The Kier molecular flexibility index (Phi) is 6.54. The largest absolute Gasteiger partial charge is 0.479 e. The van der Waals surface area contributed by atoms with Crippen molar-refractivity contribution in [3.05, 3.63) is 0 Å². The Labute approximate surface area is 86.5 Å². The van der Waals surface area contributed by atoms with Crippen LogP contribution in [-0.4, -0.2) is 23.3 Å². The zero-order valence-corrected chi connectivity index (χ0v) is 9.51. The molecule has 0 saturated carbocycles. The lowest BCUT2D eigenvalue weighted by Crippen LogP contribution is -2.38. The van der Waals surface area contributed by atoms with E-state index in [0.29, 0.717) is 13.0 Å². The van der Waals surface area contributed by atoms with Crippen molar-refractivity contribution in [3.63, 3.8) is 0 Å². The number of hydrogen-bond acceptors (Lipinski definition) is 2. The van der Waals surface area contributed by atoms with E-state index in [1.807, 2.05) is 6.92 Å². The van der Waals surface area contributed by atoms with Gasteiger partial charge in [0.25, 0.3) is 0 Å². The second kappa shape index (κ2) is 6.82. The van der Waals surface area contributed by atoms with Gasteiger partial charge in [0.05, 0.1) is 0 Å². The lowest BCUT2D eigenvalue weighted by Gasteiger charge is -2.24. The van der Waals surface area contributed by atoms with Gasteiger partial charge in [-0.2, -0.15) is 0 Å². The summed E-state index contributed by atoms with van der Waals surface area (Å²) < 4.78 is 5.43. The summed E-state index contributed by atoms with van der Waals surface area (Å²) in [6, 6.07) is 0. The van der Waals surface area contributed by atoms with Crippen LogP contribution in [0.5, 0.6) is 0 Å². The van der Waals surface area contributed by atoms with Gasteiger partial charge in [0.2, 0.25) is 0 Å². The Morgan fingerprint density at radius 3 is 2.36 bits per heavy atom. The molecule has 0 fully saturated rings. The first-order valence-corrected chi connectivity index (χ1v) is 5.44. The Morgan fingerprint density at radius 1 is 1.29 bits per heavy atom. The minimum Gasteiger partial charge on any atom is -0.479 e. The predicted molar refractivity (Wildman–Crippen MR) is 56.4 cm³/mol. The van der Waals surface area contributed by atoms with Gasteiger partial charge in [-0.05, 0) is 19.8 Å². The summed E-state index contributed by atoms with van der Waals surface area (Å²) in [5.41, 5.74) is -0.984. The van der Waals surface area contributed by atoms with Crippen LogP contribution < -0.4 is 0 Å². The third-order valence-corrected chi connectivity index (χ3v) is 2.35. The van der Waals surface area contributed by atoms with E-state index in [9.17, 15) is 4.79 Å². The van der Waals surface area contributed by atoms with E-state index in [4.69, 9.17) is 9.84 Å². The molecule has 1 atom stereocenters. The third-order valence-electron chi connectivity index (χ3n) is 2.35. The molecule has 3 heteroatoms. The van der Waals surface area contributed by atoms with Crippen molar-refractivity contribution in [3.8, 4) is 0 Å². The zero-order chi connectivity index (χ0) is 11.0. The SMILES string of the molecule is CCCCCOC(C)(CCC)C(=O)O. The van der Waals surface area contributed by atoms with Crippen LogP contribution in [0.1, 0.15) is 52.9 Å². The maximum absolute atomic E-state index is 10.9. The number of rotatable bonds is 8. The molecule has 0 heterocycles. The first kappa shape index (κ1) is 13.4. The third kappa shape index (κ3) is 4.61. The molecule has 0 aliphatic heterocycles. The zero-order valence-electron chi connectivity index (χ0n) is 9.51. The van der Waals surface area contributed by atoms with E-state index in [2.05, 4.69) is 6.92 Å². The van der Waals surface area contributed by atoms with Crippen LogP contribution in [0.3, 0.4) is 0 Å². The van der Waals surface area contributed by atoms with Crippen LogP contribution >= 0.6 is 0 Å². The topological polar surface area (TPSA) is 46.5 Å². The molecule has 0 aromatic heterocycles. The summed E-state index contributed by atoms with van der Waals surface area (Å²) in [4.78, 5) is 10.9. The Bertz CT molecular complexity index is 168. The highest BCUT2D eigenvalue weighted by molar-refractivity contribution is 5.76.